The molecule has 4 atom stereocenters. The highest BCUT2D eigenvalue weighted by Gasteiger charge is 2.61. The highest BCUT2D eigenvalue weighted by atomic mass is 35.5. The lowest BCUT2D eigenvalue weighted by Crippen LogP contribution is -2.48. The molecule has 4 amide bonds. The molecule has 83 heavy (non-hydrogen) atoms. The van der Waals surface area contributed by atoms with Crippen LogP contribution in [0.2, 0.25) is 15.1 Å². The normalized spacial score (nSPS) is 18.0. The minimum atomic E-state index is -1.85. The van der Waals surface area contributed by atoms with Gasteiger partial charge in [0.05, 0.1) is 53.7 Å². The molecule has 0 saturated carbocycles. The Morgan fingerprint density at radius 1 is 0.892 bits per heavy atom. The number of nitriles is 1. The first-order valence-electron chi connectivity index (χ1n) is 26.5. The number of hydrogen-bond donors (Lipinski definition) is 5. The lowest BCUT2D eigenvalue weighted by molar-refractivity contribution is -0.130. The summed E-state index contributed by atoms with van der Waals surface area (Å²) in [5.41, 5.74) is -3.19. The number of aromatic nitrogens is 2. The Labute approximate surface area is 492 Å². The van der Waals surface area contributed by atoms with Gasteiger partial charge in [-0.05, 0) is 72.0 Å². The SMILES string of the molecule is COc1cc(C(=O)NCCOCCN(C)C(=O)CCNc2nc(N3CCN(C(C)=O)CC3)c3cc(Cl)c(-c4c(O)cccc4F)c(F)c3n2)ccc1NC(=O)[C@@H]1N[C@@H](CC(C)(C)C)[C@](C#N)(c2ccc(Cl)cc2F)[C@H]1c1cccc(Cl)c1F. The number of phenolic OH excluding ortho intramolecular Hbond substituents is 1. The maximum absolute atomic E-state index is 16.5. The van der Waals surface area contributed by atoms with Crippen molar-refractivity contribution in [3.05, 3.63) is 134 Å². The predicted molar refractivity (Wildman–Crippen MR) is 309 cm³/mol. The van der Waals surface area contributed by atoms with E-state index in [4.69, 9.17) is 44.3 Å². The maximum Gasteiger partial charge on any atom is 0.251 e. The van der Waals surface area contributed by atoms with Crippen LogP contribution in [0.3, 0.4) is 0 Å². The van der Waals surface area contributed by atoms with Gasteiger partial charge < -0.3 is 50.5 Å². The summed E-state index contributed by atoms with van der Waals surface area (Å²) in [5, 5.41) is 33.5. The number of nitrogens with one attached hydrogen (secondary N) is 4. The highest BCUT2D eigenvalue weighted by Crippen LogP contribution is 2.53. The number of aromatic hydroxyl groups is 1. The van der Waals surface area contributed by atoms with Gasteiger partial charge in [0, 0.05) is 105 Å². The predicted octanol–water partition coefficient (Wildman–Crippen LogP) is 9.86. The van der Waals surface area contributed by atoms with E-state index in [1.807, 2.05) is 25.7 Å². The molecule has 0 radical (unpaired) electrons. The van der Waals surface area contributed by atoms with E-state index in [2.05, 4.69) is 37.3 Å². The van der Waals surface area contributed by atoms with E-state index >= 15 is 17.6 Å². The van der Waals surface area contributed by atoms with Crippen LogP contribution in [0.25, 0.3) is 22.0 Å². The number of hydrogen-bond acceptors (Lipinski definition) is 13. The third-order valence-corrected chi connectivity index (χ3v) is 15.6. The molecule has 17 nitrogen and oxygen atoms in total. The standard InChI is InChI=1S/C59H61Cl3F4N10O7/c1-32(77)75-20-22-76(23-21-75)54-36-29-39(62)47(48-40(63)11-8-12-43(48)78)51(66)52(36)72-57(73-54)69-18-17-46(79)74(5)24-26-83-25-19-68-55(80)33-13-16-42(44(27-33)82-6)70-56(81)53-49(35-9-7-10-38(61)50(35)65)59(31-67,45(71-53)30-58(2,3)4)37-15-14-34(60)28-41(37)64/h7-16,27-29,45,49,53,71,78H,17-26,30H2,1-6H3,(H,68,80)(H,70,81)(H,69,72,73)/t45-,49-,53+,59-/m0/s1. The highest BCUT2D eigenvalue weighted by molar-refractivity contribution is 6.34. The van der Waals surface area contributed by atoms with Crippen molar-refractivity contribution >= 4 is 86.8 Å². The number of methoxy groups -OCH3 is 1. The smallest absolute Gasteiger partial charge is 0.251 e. The molecule has 2 aliphatic heterocycles. The van der Waals surface area contributed by atoms with Crippen molar-refractivity contribution in [1.82, 2.24) is 30.4 Å². The number of likely N-dealkylation sites (N-methyl/N-ethyl adjacent to an activating group) is 1. The van der Waals surface area contributed by atoms with Crippen LogP contribution in [-0.2, 0) is 24.5 Å². The van der Waals surface area contributed by atoms with Crippen molar-refractivity contribution in [3.8, 4) is 28.7 Å². The summed E-state index contributed by atoms with van der Waals surface area (Å²) in [6.07, 6.45) is 0.230. The molecule has 5 N–H and O–H groups in total. The maximum atomic E-state index is 16.5. The van der Waals surface area contributed by atoms with E-state index in [1.54, 1.807) is 11.9 Å². The number of piperazine rings is 1. The minimum Gasteiger partial charge on any atom is -0.507 e. The number of benzene rings is 5. The minimum absolute atomic E-state index is 0.0307. The third-order valence-electron chi connectivity index (χ3n) is 14.7. The molecular weight excluding hydrogens is 1140 g/mol. The van der Waals surface area contributed by atoms with Crippen molar-refractivity contribution in [2.75, 3.05) is 88.7 Å². The summed E-state index contributed by atoms with van der Waals surface area (Å²) in [5.74, 6) is -6.61. The lowest BCUT2D eigenvalue weighted by Gasteiger charge is -2.37. The second-order valence-corrected chi connectivity index (χ2v) is 22.6. The van der Waals surface area contributed by atoms with Crippen LogP contribution in [0.15, 0.2) is 78.9 Å². The molecule has 8 rings (SSSR count). The summed E-state index contributed by atoms with van der Waals surface area (Å²) < 4.78 is 75.3. The van der Waals surface area contributed by atoms with Gasteiger partial charge in [-0.15, -0.1) is 0 Å². The van der Waals surface area contributed by atoms with Crippen LogP contribution < -0.4 is 30.9 Å². The van der Waals surface area contributed by atoms with Gasteiger partial charge in [-0.25, -0.2) is 22.5 Å². The van der Waals surface area contributed by atoms with Gasteiger partial charge in [-0.2, -0.15) is 10.2 Å². The Bertz CT molecular complexity index is 3490. The average molecular weight is 1200 g/mol. The molecule has 0 aliphatic carbocycles. The Balaban J connectivity index is 0.867. The fourth-order valence-corrected chi connectivity index (χ4v) is 11.3. The van der Waals surface area contributed by atoms with E-state index in [9.17, 15) is 29.5 Å². The first-order chi connectivity index (χ1) is 39.5. The summed E-state index contributed by atoms with van der Waals surface area (Å²) in [7, 11) is 2.93. The summed E-state index contributed by atoms with van der Waals surface area (Å²) in [6.45, 7) is 9.22. The van der Waals surface area contributed by atoms with Gasteiger partial charge in [0.2, 0.25) is 23.7 Å². The number of ether oxygens (including phenoxy) is 2. The van der Waals surface area contributed by atoms with Crippen molar-refractivity contribution in [3.63, 3.8) is 0 Å². The molecule has 2 aliphatic rings. The van der Waals surface area contributed by atoms with Crippen molar-refractivity contribution in [2.45, 2.75) is 64.0 Å². The number of anilines is 3. The van der Waals surface area contributed by atoms with E-state index in [0.29, 0.717) is 32.0 Å². The van der Waals surface area contributed by atoms with Crippen LogP contribution in [0, 0.1) is 40.0 Å². The number of carbonyl (C=O) groups is 4. The molecule has 1 aromatic heterocycles. The van der Waals surface area contributed by atoms with Gasteiger partial charge in [0.25, 0.3) is 5.91 Å². The third kappa shape index (κ3) is 13.3. The topological polar surface area (TPSA) is 214 Å². The van der Waals surface area contributed by atoms with Crippen molar-refractivity contribution in [1.29, 1.82) is 5.26 Å². The first-order valence-corrected chi connectivity index (χ1v) is 27.7. The number of amides is 4. The van der Waals surface area contributed by atoms with Gasteiger partial charge >= 0.3 is 0 Å². The van der Waals surface area contributed by atoms with Crippen LogP contribution in [0.5, 0.6) is 11.5 Å². The Hall–Kier alpha value is -7.48. The Kier molecular flexibility index (Phi) is 19.3. The molecule has 0 unspecified atom stereocenters. The molecule has 0 bridgehead atoms. The average Bonchev–Trinajstić information content (AvgIpc) is 1.85. The quantitative estimate of drug-likeness (QED) is 0.0378. The van der Waals surface area contributed by atoms with E-state index in [1.165, 1.54) is 85.7 Å². The first kappa shape index (κ1) is 61.6. The molecule has 438 valence electrons. The van der Waals surface area contributed by atoms with Crippen LogP contribution in [-0.4, -0.2) is 134 Å². The van der Waals surface area contributed by atoms with Crippen molar-refractivity contribution < 1.29 is 51.3 Å². The van der Waals surface area contributed by atoms with Gasteiger partial charge in [-0.3, -0.25) is 19.2 Å². The lowest BCUT2D eigenvalue weighted by atomic mass is 9.62. The van der Waals surface area contributed by atoms with Gasteiger partial charge in [0.1, 0.15) is 45.7 Å². The molecule has 2 fully saturated rings. The van der Waals surface area contributed by atoms with Crippen LogP contribution in [0.4, 0.5) is 35.0 Å². The number of rotatable bonds is 19. The molecule has 24 heteroatoms. The van der Waals surface area contributed by atoms with Crippen LogP contribution in [0.1, 0.15) is 67.9 Å². The molecule has 6 aromatic rings. The number of carbonyl (C=O) groups excluding carboxylic acids is 4. The van der Waals surface area contributed by atoms with E-state index in [0.717, 1.165) is 12.1 Å². The summed E-state index contributed by atoms with van der Waals surface area (Å²) in [4.78, 5) is 67.3. The number of nitrogens with zero attached hydrogens (tertiary/aromatic N) is 6. The zero-order valence-electron chi connectivity index (χ0n) is 46.2. The number of phenols is 1. The fourth-order valence-electron chi connectivity index (χ4n) is 10.7. The van der Waals surface area contributed by atoms with E-state index in [-0.39, 0.29) is 123 Å². The fraction of sp³-hybridized carbons (Fsp3) is 0.373. The zero-order chi connectivity index (χ0) is 60.1. The van der Waals surface area contributed by atoms with E-state index < -0.39 is 75.2 Å². The van der Waals surface area contributed by atoms with Crippen molar-refractivity contribution in [2.24, 2.45) is 5.41 Å². The Morgan fingerprint density at radius 2 is 1.63 bits per heavy atom. The molecule has 3 heterocycles. The summed E-state index contributed by atoms with van der Waals surface area (Å²) in [6, 6.07) is 17.5. The molecule has 0 spiro atoms. The molecular formula is C59H61Cl3F4N10O7. The largest absolute Gasteiger partial charge is 0.507 e. The second kappa shape index (κ2) is 26.0. The molecule has 5 aromatic carbocycles. The summed E-state index contributed by atoms with van der Waals surface area (Å²) >= 11 is 19.0. The Morgan fingerprint density at radius 3 is 2.30 bits per heavy atom. The van der Waals surface area contributed by atoms with Gasteiger partial charge in [-0.1, -0.05) is 79.8 Å². The van der Waals surface area contributed by atoms with Crippen LogP contribution >= 0.6 is 34.8 Å². The number of fused-ring (bicyclic) bond motifs is 1. The monoisotopic (exact) mass is 1200 g/mol. The second-order valence-electron chi connectivity index (χ2n) is 21.4. The molecule has 2 saturated heterocycles. The number of halogens is 7. The van der Waals surface area contributed by atoms with Gasteiger partial charge in [0.15, 0.2) is 5.82 Å². The zero-order valence-corrected chi connectivity index (χ0v) is 48.5.